The number of hydrogen-bond acceptors (Lipinski definition) is 3. The number of aryl methyl sites for hydroxylation is 1. The van der Waals surface area contributed by atoms with Gasteiger partial charge in [-0.25, -0.2) is 0 Å². The van der Waals surface area contributed by atoms with Gasteiger partial charge in [0.15, 0.2) is 0 Å². The topological polar surface area (TPSA) is 72.9 Å². The number of carbonyl (C=O) groups is 1. The van der Waals surface area contributed by atoms with E-state index >= 15 is 0 Å². The van der Waals surface area contributed by atoms with Crippen molar-refractivity contribution in [1.29, 1.82) is 0 Å². The Hall–Kier alpha value is -2.01. The normalized spacial score (nSPS) is 12.2. The lowest BCUT2D eigenvalue weighted by Gasteiger charge is -2.15. The molecule has 0 radical (unpaired) electrons. The highest BCUT2D eigenvalue weighted by Gasteiger charge is 2.14. The molecule has 6 heteroatoms. The van der Waals surface area contributed by atoms with Gasteiger partial charge < -0.3 is 11.1 Å². The molecule has 0 fully saturated rings. The average molecular weight is 307 g/mol. The molecule has 5 nitrogen and oxygen atoms in total. The molecule has 1 aromatic carbocycles. The van der Waals surface area contributed by atoms with Crippen LogP contribution in [0, 0.1) is 13.8 Å². The van der Waals surface area contributed by atoms with E-state index in [0.29, 0.717) is 10.7 Å². The van der Waals surface area contributed by atoms with Crippen molar-refractivity contribution >= 4 is 23.2 Å². The van der Waals surface area contributed by atoms with E-state index in [9.17, 15) is 4.79 Å². The van der Waals surface area contributed by atoms with Gasteiger partial charge >= 0.3 is 0 Å². The van der Waals surface area contributed by atoms with Crippen LogP contribution in [0.1, 0.15) is 29.9 Å². The maximum Gasteiger partial charge on any atom is 0.242 e. The number of aromatic nitrogens is 2. The van der Waals surface area contributed by atoms with Gasteiger partial charge in [0.05, 0.1) is 23.1 Å². The molecule has 0 saturated heterocycles. The minimum absolute atomic E-state index is 0.0934. The van der Waals surface area contributed by atoms with Crippen LogP contribution < -0.4 is 11.1 Å². The summed E-state index contributed by atoms with van der Waals surface area (Å²) in [6.45, 7) is 5.76. The molecule has 0 aliphatic rings. The van der Waals surface area contributed by atoms with Gasteiger partial charge in [-0.05, 0) is 38.5 Å². The third-order valence-corrected chi connectivity index (χ3v) is 3.73. The summed E-state index contributed by atoms with van der Waals surface area (Å²) in [6, 6.07) is 7.31. The van der Waals surface area contributed by atoms with Crippen LogP contribution >= 0.6 is 11.6 Å². The van der Waals surface area contributed by atoms with Crippen LogP contribution in [0.25, 0.3) is 0 Å². The highest BCUT2D eigenvalue weighted by atomic mass is 35.5. The molecule has 1 heterocycles. The Kier molecular flexibility index (Phi) is 4.53. The number of nitrogens with one attached hydrogen (secondary N) is 1. The Morgan fingerprint density at radius 2 is 2.00 bits per heavy atom. The Morgan fingerprint density at radius 1 is 1.38 bits per heavy atom. The quantitative estimate of drug-likeness (QED) is 0.912. The van der Waals surface area contributed by atoms with E-state index in [2.05, 4.69) is 10.4 Å². The number of nitrogens with two attached hydrogens (primary N) is 1. The third-order valence-electron chi connectivity index (χ3n) is 3.48. The Morgan fingerprint density at radius 3 is 2.52 bits per heavy atom. The maximum atomic E-state index is 12.1. The van der Waals surface area contributed by atoms with E-state index in [1.165, 1.54) is 0 Å². The molecule has 21 heavy (non-hydrogen) atoms. The number of benzene rings is 1. The van der Waals surface area contributed by atoms with E-state index in [1.54, 1.807) is 16.8 Å². The summed E-state index contributed by atoms with van der Waals surface area (Å²) in [4.78, 5) is 12.1. The molecule has 2 aromatic rings. The summed E-state index contributed by atoms with van der Waals surface area (Å²) in [6.07, 6.45) is 0. The highest BCUT2D eigenvalue weighted by molar-refractivity contribution is 6.30. The lowest BCUT2D eigenvalue weighted by molar-refractivity contribution is -0.122. The lowest BCUT2D eigenvalue weighted by atomic mass is 10.1. The first-order chi connectivity index (χ1) is 9.88. The summed E-state index contributed by atoms with van der Waals surface area (Å²) < 4.78 is 1.62. The molecular formula is C15H19ClN4O. The van der Waals surface area contributed by atoms with E-state index in [0.717, 1.165) is 17.0 Å². The van der Waals surface area contributed by atoms with Gasteiger partial charge in [0, 0.05) is 5.02 Å². The van der Waals surface area contributed by atoms with Crippen molar-refractivity contribution in [2.24, 2.45) is 0 Å². The van der Waals surface area contributed by atoms with Crippen LogP contribution in [0.2, 0.25) is 5.02 Å². The van der Waals surface area contributed by atoms with Crippen LogP contribution in [-0.2, 0) is 11.3 Å². The number of nitrogen functional groups attached to an aromatic ring is 1. The SMILES string of the molecule is Cc1nn(CC(=O)NC(C)c2ccc(Cl)cc2)c(C)c1N. The molecule has 2 rings (SSSR count). The minimum atomic E-state index is -0.108. The standard InChI is InChI=1S/C15H19ClN4O/c1-9(12-4-6-13(16)7-5-12)18-14(21)8-20-11(3)15(17)10(2)19-20/h4-7,9H,8,17H2,1-3H3,(H,18,21). The molecule has 0 saturated carbocycles. The van der Waals surface area contributed by atoms with Crippen molar-refractivity contribution in [3.63, 3.8) is 0 Å². The van der Waals surface area contributed by atoms with Gasteiger partial charge in [0.25, 0.3) is 0 Å². The highest BCUT2D eigenvalue weighted by Crippen LogP contribution is 2.17. The third kappa shape index (κ3) is 3.55. The van der Waals surface area contributed by atoms with Crippen molar-refractivity contribution in [1.82, 2.24) is 15.1 Å². The fourth-order valence-electron chi connectivity index (χ4n) is 2.12. The zero-order chi connectivity index (χ0) is 15.6. The van der Waals surface area contributed by atoms with Gasteiger partial charge in [0.1, 0.15) is 6.54 Å². The van der Waals surface area contributed by atoms with Gasteiger partial charge in [-0.2, -0.15) is 5.10 Å². The summed E-state index contributed by atoms with van der Waals surface area (Å²) in [5.41, 5.74) is 9.04. The molecule has 0 bridgehead atoms. The molecular weight excluding hydrogens is 288 g/mol. The van der Waals surface area contributed by atoms with Crippen molar-refractivity contribution < 1.29 is 4.79 Å². The van der Waals surface area contributed by atoms with E-state index in [1.807, 2.05) is 32.9 Å². The molecule has 3 N–H and O–H groups in total. The predicted molar refractivity (Wildman–Crippen MR) is 84.1 cm³/mol. The van der Waals surface area contributed by atoms with E-state index < -0.39 is 0 Å². The largest absolute Gasteiger partial charge is 0.396 e. The summed E-state index contributed by atoms with van der Waals surface area (Å²) >= 11 is 5.85. The lowest BCUT2D eigenvalue weighted by Crippen LogP contribution is -2.30. The maximum absolute atomic E-state index is 12.1. The van der Waals surface area contributed by atoms with Crippen LogP contribution in [-0.4, -0.2) is 15.7 Å². The van der Waals surface area contributed by atoms with Crippen molar-refractivity contribution in [2.45, 2.75) is 33.4 Å². The van der Waals surface area contributed by atoms with Gasteiger partial charge in [-0.1, -0.05) is 23.7 Å². The second kappa shape index (κ2) is 6.18. The summed E-state index contributed by atoms with van der Waals surface area (Å²) in [5, 5.41) is 7.87. The number of hydrogen-bond donors (Lipinski definition) is 2. The number of nitrogens with zero attached hydrogens (tertiary/aromatic N) is 2. The van der Waals surface area contributed by atoms with Crippen LogP contribution in [0.15, 0.2) is 24.3 Å². The fraction of sp³-hybridized carbons (Fsp3) is 0.333. The minimum Gasteiger partial charge on any atom is -0.396 e. The zero-order valence-electron chi connectivity index (χ0n) is 12.4. The predicted octanol–water partition coefficient (Wildman–Crippen LogP) is 2.61. The van der Waals surface area contributed by atoms with Gasteiger partial charge in [0.2, 0.25) is 5.91 Å². The van der Waals surface area contributed by atoms with E-state index in [-0.39, 0.29) is 18.5 Å². The molecule has 1 amide bonds. The van der Waals surface area contributed by atoms with Crippen molar-refractivity contribution in [3.05, 3.63) is 46.2 Å². The molecule has 1 atom stereocenters. The first-order valence-corrected chi connectivity index (χ1v) is 7.10. The molecule has 112 valence electrons. The summed E-state index contributed by atoms with van der Waals surface area (Å²) in [7, 11) is 0. The van der Waals surface area contributed by atoms with E-state index in [4.69, 9.17) is 17.3 Å². The van der Waals surface area contributed by atoms with Crippen LogP contribution in [0.5, 0.6) is 0 Å². The monoisotopic (exact) mass is 306 g/mol. The summed E-state index contributed by atoms with van der Waals surface area (Å²) in [5.74, 6) is -0.108. The molecule has 1 aromatic heterocycles. The molecule has 1 unspecified atom stereocenters. The number of carbonyl (C=O) groups excluding carboxylic acids is 1. The Bertz CT molecular complexity index is 648. The number of anilines is 1. The van der Waals surface area contributed by atoms with Crippen molar-refractivity contribution in [3.8, 4) is 0 Å². The Labute approximate surface area is 129 Å². The Balaban J connectivity index is 2.01. The second-order valence-electron chi connectivity index (χ2n) is 5.08. The fourth-order valence-corrected chi connectivity index (χ4v) is 2.25. The van der Waals surface area contributed by atoms with Crippen LogP contribution in [0.3, 0.4) is 0 Å². The number of amides is 1. The van der Waals surface area contributed by atoms with Gasteiger partial charge in [-0.3, -0.25) is 9.48 Å². The zero-order valence-corrected chi connectivity index (χ0v) is 13.1. The average Bonchev–Trinajstić information content (AvgIpc) is 2.67. The smallest absolute Gasteiger partial charge is 0.242 e. The van der Waals surface area contributed by atoms with Crippen LogP contribution in [0.4, 0.5) is 5.69 Å². The second-order valence-corrected chi connectivity index (χ2v) is 5.52. The number of halogens is 1. The first kappa shape index (κ1) is 15.4. The first-order valence-electron chi connectivity index (χ1n) is 6.72. The molecule has 0 spiro atoms. The molecule has 0 aliphatic carbocycles. The van der Waals surface area contributed by atoms with Gasteiger partial charge in [-0.15, -0.1) is 0 Å². The molecule has 0 aliphatic heterocycles. The number of rotatable bonds is 4. The van der Waals surface area contributed by atoms with Crippen molar-refractivity contribution in [2.75, 3.05) is 5.73 Å².